The molecule has 5 nitrogen and oxygen atoms in total. The monoisotopic (exact) mass is 369 g/mol. The third-order valence-electron chi connectivity index (χ3n) is 4.38. The maximum atomic E-state index is 13.8. The Morgan fingerprint density at radius 1 is 1.08 bits per heavy atom. The lowest BCUT2D eigenvalue weighted by Crippen LogP contribution is -2.19. The summed E-state index contributed by atoms with van der Waals surface area (Å²) < 4.78 is 13.8. The maximum absolute atomic E-state index is 13.8. The summed E-state index contributed by atoms with van der Waals surface area (Å²) in [5.74, 6) is 0.979. The number of hydrogen-bond donors (Lipinski definition) is 0. The Balaban J connectivity index is 1.68. The number of aromatic nitrogens is 4. The fraction of sp³-hybridized carbons (Fsp3) is 0.263. The van der Waals surface area contributed by atoms with E-state index in [0.717, 1.165) is 31.7 Å². The molecule has 1 aliphatic rings. The van der Waals surface area contributed by atoms with Gasteiger partial charge in [-0.3, -0.25) is 0 Å². The van der Waals surface area contributed by atoms with Gasteiger partial charge in [0, 0.05) is 19.2 Å². The van der Waals surface area contributed by atoms with E-state index in [0.29, 0.717) is 27.9 Å². The van der Waals surface area contributed by atoms with Crippen molar-refractivity contribution in [3.8, 4) is 0 Å². The Morgan fingerprint density at radius 2 is 1.88 bits per heavy atom. The lowest BCUT2D eigenvalue weighted by molar-refractivity contribution is 0.636. The average Bonchev–Trinajstić information content (AvgIpc) is 3.15. The van der Waals surface area contributed by atoms with Gasteiger partial charge in [-0.25, -0.2) is 24.3 Å². The Labute approximate surface area is 155 Å². The van der Waals surface area contributed by atoms with Gasteiger partial charge in [0.25, 0.3) is 0 Å². The van der Waals surface area contributed by atoms with Crippen LogP contribution in [0.4, 0.5) is 10.2 Å². The van der Waals surface area contributed by atoms with Crippen LogP contribution in [0.25, 0.3) is 23.2 Å². The number of rotatable bonds is 3. The van der Waals surface area contributed by atoms with Gasteiger partial charge in [-0.05, 0) is 44.1 Å². The molecule has 1 aliphatic heterocycles. The van der Waals surface area contributed by atoms with E-state index < -0.39 is 0 Å². The van der Waals surface area contributed by atoms with Crippen molar-refractivity contribution >= 4 is 40.6 Å². The molecule has 0 atom stereocenters. The number of halogens is 2. The third kappa shape index (κ3) is 3.37. The lowest BCUT2D eigenvalue weighted by atomic mass is 10.2. The van der Waals surface area contributed by atoms with Crippen LogP contribution in [-0.4, -0.2) is 33.0 Å². The molecule has 0 N–H and O–H groups in total. The quantitative estimate of drug-likeness (QED) is 0.644. The third-order valence-corrected chi connectivity index (χ3v) is 4.57. The van der Waals surface area contributed by atoms with Crippen molar-refractivity contribution in [2.75, 3.05) is 18.0 Å². The zero-order chi connectivity index (χ0) is 18.1. The van der Waals surface area contributed by atoms with Gasteiger partial charge < -0.3 is 4.90 Å². The summed E-state index contributed by atoms with van der Waals surface area (Å²) in [6.07, 6.45) is 5.87. The molecule has 0 aliphatic carbocycles. The second-order valence-electron chi connectivity index (χ2n) is 6.24. The van der Waals surface area contributed by atoms with Crippen molar-refractivity contribution < 1.29 is 4.39 Å². The SMILES string of the molecule is Cc1nc2c(F)cccc2nc1C=Cc1nc(Cl)cc(N2CCCC2)n1. The minimum atomic E-state index is -0.373. The standard InChI is InChI=1S/C19H17ClFN5/c1-12-14(23-15-6-4-5-13(21)19(15)22-12)7-8-17-24-16(20)11-18(25-17)26-9-2-3-10-26/h4-8,11H,2-3,9-10H2,1H3. The molecule has 1 saturated heterocycles. The van der Waals surface area contributed by atoms with Crippen molar-refractivity contribution in [3.05, 3.63) is 52.4 Å². The van der Waals surface area contributed by atoms with E-state index >= 15 is 0 Å². The Bertz CT molecular complexity index is 999. The highest BCUT2D eigenvalue weighted by molar-refractivity contribution is 6.29. The molecule has 0 bridgehead atoms. The summed E-state index contributed by atoms with van der Waals surface area (Å²) in [6.45, 7) is 3.77. The van der Waals surface area contributed by atoms with E-state index in [1.165, 1.54) is 6.07 Å². The summed E-state index contributed by atoms with van der Waals surface area (Å²) in [5, 5.41) is 0.407. The van der Waals surface area contributed by atoms with Crippen molar-refractivity contribution in [2.24, 2.45) is 0 Å². The van der Waals surface area contributed by atoms with Crippen LogP contribution in [0.15, 0.2) is 24.3 Å². The van der Waals surface area contributed by atoms with Gasteiger partial charge in [-0.1, -0.05) is 17.7 Å². The first-order chi connectivity index (χ1) is 12.6. The van der Waals surface area contributed by atoms with Gasteiger partial charge in [-0.2, -0.15) is 0 Å². The Kier molecular flexibility index (Phi) is 4.51. The second kappa shape index (κ2) is 6.96. The van der Waals surface area contributed by atoms with E-state index in [9.17, 15) is 4.39 Å². The smallest absolute Gasteiger partial charge is 0.156 e. The van der Waals surface area contributed by atoms with Gasteiger partial charge in [0.15, 0.2) is 11.6 Å². The van der Waals surface area contributed by atoms with Crippen LogP contribution in [0.5, 0.6) is 0 Å². The Hall–Kier alpha value is -2.60. The van der Waals surface area contributed by atoms with Gasteiger partial charge in [0.05, 0.1) is 16.9 Å². The van der Waals surface area contributed by atoms with Crippen molar-refractivity contribution in [1.29, 1.82) is 0 Å². The molecule has 0 spiro atoms. The molecule has 7 heteroatoms. The van der Waals surface area contributed by atoms with E-state index in [1.807, 2.05) is 0 Å². The van der Waals surface area contributed by atoms with Gasteiger partial charge >= 0.3 is 0 Å². The number of aryl methyl sites for hydroxylation is 1. The average molecular weight is 370 g/mol. The summed E-state index contributed by atoms with van der Waals surface area (Å²) in [7, 11) is 0. The summed E-state index contributed by atoms with van der Waals surface area (Å²) >= 11 is 6.16. The number of benzene rings is 1. The molecule has 2 aromatic heterocycles. The van der Waals surface area contributed by atoms with Gasteiger partial charge in [0.1, 0.15) is 16.5 Å². The van der Waals surface area contributed by atoms with Crippen molar-refractivity contribution in [3.63, 3.8) is 0 Å². The summed E-state index contributed by atoms with van der Waals surface area (Å²) in [4.78, 5) is 19.8. The molecule has 0 radical (unpaired) electrons. The molecule has 1 fully saturated rings. The number of fused-ring (bicyclic) bond motifs is 1. The van der Waals surface area contributed by atoms with Crippen LogP contribution in [-0.2, 0) is 0 Å². The minimum Gasteiger partial charge on any atom is -0.356 e. The van der Waals surface area contributed by atoms with Crippen LogP contribution in [0.3, 0.4) is 0 Å². The largest absolute Gasteiger partial charge is 0.356 e. The molecule has 3 aromatic rings. The normalized spacial score (nSPS) is 14.7. The number of anilines is 1. The molecule has 26 heavy (non-hydrogen) atoms. The maximum Gasteiger partial charge on any atom is 0.156 e. The van der Waals surface area contributed by atoms with Gasteiger partial charge in [0.2, 0.25) is 0 Å². The molecule has 1 aromatic carbocycles. The molecule has 0 amide bonds. The first kappa shape index (κ1) is 16.8. The second-order valence-corrected chi connectivity index (χ2v) is 6.62. The van der Waals surface area contributed by atoms with Gasteiger partial charge in [-0.15, -0.1) is 0 Å². The molecule has 132 valence electrons. The summed E-state index contributed by atoms with van der Waals surface area (Å²) in [6, 6.07) is 6.53. The first-order valence-electron chi connectivity index (χ1n) is 8.50. The van der Waals surface area contributed by atoms with E-state index in [4.69, 9.17) is 11.6 Å². The van der Waals surface area contributed by atoms with E-state index in [1.54, 1.807) is 37.3 Å². The predicted octanol–water partition coefficient (Wildman–Crippen LogP) is 4.29. The number of hydrogen-bond acceptors (Lipinski definition) is 5. The van der Waals surface area contributed by atoms with E-state index in [-0.39, 0.29) is 11.3 Å². The van der Waals surface area contributed by atoms with Crippen LogP contribution in [0.1, 0.15) is 30.1 Å². The number of nitrogens with zero attached hydrogens (tertiary/aromatic N) is 5. The van der Waals surface area contributed by atoms with Crippen LogP contribution in [0.2, 0.25) is 5.15 Å². The van der Waals surface area contributed by atoms with Crippen LogP contribution >= 0.6 is 11.6 Å². The highest BCUT2D eigenvalue weighted by atomic mass is 35.5. The molecule has 4 rings (SSSR count). The van der Waals surface area contributed by atoms with Crippen molar-refractivity contribution in [2.45, 2.75) is 19.8 Å². The lowest BCUT2D eigenvalue weighted by Gasteiger charge is -2.16. The molecule has 0 unspecified atom stereocenters. The fourth-order valence-electron chi connectivity index (χ4n) is 3.06. The fourth-order valence-corrected chi connectivity index (χ4v) is 3.24. The van der Waals surface area contributed by atoms with Crippen molar-refractivity contribution in [1.82, 2.24) is 19.9 Å². The highest BCUT2D eigenvalue weighted by Crippen LogP contribution is 2.22. The van der Waals surface area contributed by atoms with Crippen LogP contribution < -0.4 is 4.90 Å². The molecular weight excluding hydrogens is 353 g/mol. The minimum absolute atomic E-state index is 0.275. The summed E-state index contributed by atoms with van der Waals surface area (Å²) in [5.41, 5.74) is 2.08. The Morgan fingerprint density at radius 3 is 2.69 bits per heavy atom. The van der Waals surface area contributed by atoms with Crippen LogP contribution in [0, 0.1) is 12.7 Å². The number of para-hydroxylation sites is 1. The zero-order valence-electron chi connectivity index (χ0n) is 14.3. The molecular formula is C19H17ClFN5. The molecule has 3 heterocycles. The van der Waals surface area contributed by atoms with E-state index in [2.05, 4.69) is 24.8 Å². The first-order valence-corrected chi connectivity index (χ1v) is 8.88. The highest BCUT2D eigenvalue weighted by Gasteiger charge is 2.15. The molecule has 0 saturated carbocycles. The topological polar surface area (TPSA) is 54.8 Å². The zero-order valence-corrected chi connectivity index (χ0v) is 15.0. The predicted molar refractivity (Wildman–Crippen MR) is 102 cm³/mol.